The Morgan fingerprint density at radius 1 is 1.28 bits per heavy atom. The lowest BCUT2D eigenvalue weighted by atomic mass is 10.1. The van der Waals surface area contributed by atoms with Crippen molar-refractivity contribution >= 4 is 17.6 Å². The number of aryl methyl sites for hydroxylation is 1. The van der Waals surface area contributed by atoms with Crippen molar-refractivity contribution in [1.82, 2.24) is 5.16 Å². The first-order chi connectivity index (χ1) is 11.9. The van der Waals surface area contributed by atoms with Gasteiger partial charge in [-0.05, 0) is 52.0 Å². The first-order valence-electron chi connectivity index (χ1n) is 7.89. The normalized spacial score (nSPS) is 10.1. The number of hydrogen-bond acceptors (Lipinski definition) is 5. The van der Waals surface area contributed by atoms with Crippen LogP contribution in [-0.2, 0) is 9.53 Å². The quantitative estimate of drug-likeness (QED) is 0.853. The van der Waals surface area contributed by atoms with Crippen molar-refractivity contribution in [2.45, 2.75) is 40.2 Å². The number of nitrogens with one attached hydrogen (secondary N) is 1. The number of benzene rings is 1. The van der Waals surface area contributed by atoms with Gasteiger partial charge in [-0.15, -0.1) is 0 Å². The highest BCUT2D eigenvalue weighted by molar-refractivity contribution is 5.90. The van der Waals surface area contributed by atoms with E-state index < -0.39 is 6.09 Å². The summed E-state index contributed by atoms with van der Waals surface area (Å²) in [4.78, 5) is 22.7. The van der Waals surface area contributed by atoms with Crippen LogP contribution in [0.15, 0.2) is 28.8 Å². The Hall–Kier alpha value is -3.07. The first-order valence-corrected chi connectivity index (χ1v) is 7.89. The van der Waals surface area contributed by atoms with E-state index in [1.54, 1.807) is 20.8 Å². The second-order valence-electron chi connectivity index (χ2n) is 5.81. The summed E-state index contributed by atoms with van der Waals surface area (Å²) < 4.78 is 10.4. The summed E-state index contributed by atoms with van der Waals surface area (Å²) in [5.74, 6) is 6.21. The lowest BCUT2D eigenvalue weighted by Crippen LogP contribution is -2.18. The summed E-state index contributed by atoms with van der Waals surface area (Å²) in [7, 11) is 0. The van der Waals surface area contributed by atoms with Gasteiger partial charge in [0.1, 0.15) is 17.2 Å². The van der Waals surface area contributed by atoms with Crippen LogP contribution in [0, 0.1) is 18.8 Å². The van der Waals surface area contributed by atoms with Crippen molar-refractivity contribution in [3.8, 4) is 23.2 Å². The van der Waals surface area contributed by atoms with Gasteiger partial charge >= 0.3 is 6.09 Å². The van der Waals surface area contributed by atoms with E-state index in [0.29, 0.717) is 17.1 Å². The van der Waals surface area contributed by atoms with E-state index in [0.717, 1.165) is 11.1 Å². The summed E-state index contributed by atoms with van der Waals surface area (Å²) in [5, 5.41) is 6.57. The van der Waals surface area contributed by atoms with Crippen molar-refractivity contribution in [1.29, 1.82) is 0 Å². The summed E-state index contributed by atoms with van der Waals surface area (Å²) in [6.07, 6.45) is -0.555. The predicted octanol–water partition coefficient (Wildman–Crippen LogP) is 3.94. The standard InChI is InChI=1S/C19H20N2O4/c1-12(2)24-19(23)20-17-14(4)21-25-18(17)16-10-8-15(9-11-16)7-5-6-13(3)22/h8-12H,6H2,1-4H3,(H,20,23). The minimum atomic E-state index is -0.561. The average Bonchev–Trinajstić information content (AvgIpc) is 2.88. The number of nitrogens with zero attached hydrogens (tertiary/aromatic N) is 1. The molecule has 0 fully saturated rings. The number of ketones is 1. The van der Waals surface area contributed by atoms with Crippen LogP contribution in [0.3, 0.4) is 0 Å². The Balaban J connectivity index is 2.20. The number of amides is 1. The van der Waals surface area contributed by atoms with E-state index in [-0.39, 0.29) is 18.3 Å². The average molecular weight is 340 g/mol. The number of carbonyl (C=O) groups excluding carboxylic acids is 2. The maximum atomic E-state index is 11.8. The number of anilines is 1. The van der Waals surface area contributed by atoms with E-state index in [1.807, 2.05) is 24.3 Å². The SMILES string of the molecule is CC(=O)CC#Cc1ccc(-c2onc(C)c2NC(=O)OC(C)C)cc1. The van der Waals surface area contributed by atoms with Crippen LogP contribution in [-0.4, -0.2) is 23.1 Å². The molecule has 6 nitrogen and oxygen atoms in total. The summed E-state index contributed by atoms with van der Waals surface area (Å²) in [6.45, 7) is 6.78. The molecule has 130 valence electrons. The topological polar surface area (TPSA) is 81.4 Å². The van der Waals surface area contributed by atoms with Crippen LogP contribution in [0.4, 0.5) is 10.5 Å². The fraction of sp³-hybridized carbons (Fsp3) is 0.316. The molecule has 25 heavy (non-hydrogen) atoms. The Bertz CT molecular complexity index is 823. The lowest BCUT2D eigenvalue weighted by Gasteiger charge is -2.09. The number of Topliss-reactive ketones (excluding diaryl/α,β-unsaturated/α-hetero) is 1. The number of aromatic nitrogens is 1. The highest BCUT2D eigenvalue weighted by Gasteiger charge is 2.18. The van der Waals surface area contributed by atoms with Gasteiger partial charge in [0, 0.05) is 11.1 Å². The van der Waals surface area contributed by atoms with Crippen LogP contribution in [0.5, 0.6) is 0 Å². The minimum Gasteiger partial charge on any atom is -0.447 e. The molecule has 2 rings (SSSR count). The fourth-order valence-electron chi connectivity index (χ4n) is 2.04. The van der Waals surface area contributed by atoms with E-state index in [2.05, 4.69) is 22.3 Å². The lowest BCUT2D eigenvalue weighted by molar-refractivity contribution is -0.116. The van der Waals surface area contributed by atoms with Crippen molar-refractivity contribution < 1.29 is 18.8 Å². The van der Waals surface area contributed by atoms with Gasteiger partial charge in [0.05, 0.1) is 12.5 Å². The zero-order valence-electron chi connectivity index (χ0n) is 14.7. The van der Waals surface area contributed by atoms with Gasteiger partial charge in [0.15, 0.2) is 5.76 Å². The third kappa shape index (κ3) is 5.21. The largest absolute Gasteiger partial charge is 0.447 e. The van der Waals surface area contributed by atoms with Crippen LogP contribution in [0.25, 0.3) is 11.3 Å². The Morgan fingerprint density at radius 3 is 2.56 bits per heavy atom. The summed E-state index contributed by atoms with van der Waals surface area (Å²) >= 11 is 0. The van der Waals surface area contributed by atoms with Crippen molar-refractivity contribution in [3.05, 3.63) is 35.5 Å². The van der Waals surface area contributed by atoms with Gasteiger partial charge in [-0.1, -0.05) is 17.0 Å². The molecule has 1 heterocycles. The van der Waals surface area contributed by atoms with Crippen molar-refractivity contribution in [2.75, 3.05) is 5.32 Å². The maximum Gasteiger partial charge on any atom is 0.412 e. The van der Waals surface area contributed by atoms with Crippen molar-refractivity contribution in [2.24, 2.45) is 0 Å². The highest BCUT2D eigenvalue weighted by atomic mass is 16.6. The smallest absolute Gasteiger partial charge is 0.412 e. The van der Waals surface area contributed by atoms with Gasteiger partial charge in [-0.2, -0.15) is 0 Å². The monoisotopic (exact) mass is 340 g/mol. The molecule has 1 amide bonds. The van der Waals surface area contributed by atoms with Gasteiger partial charge in [0.25, 0.3) is 0 Å². The third-order valence-electron chi connectivity index (χ3n) is 3.15. The molecule has 1 aromatic carbocycles. The number of ether oxygens (including phenoxy) is 1. The van der Waals surface area contributed by atoms with Gasteiger partial charge in [0.2, 0.25) is 0 Å². The van der Waals surface area contributed by atoms with Gasteiger partial charge in [-0.3, -0.25) is 10.1 Å². The molecular formula is C19H20N2O4. The van der Waals surface area contributed by atoms with Gasteiger partial charge < -0.3 is 9.26 Å². The predicted molar refractivity (Wildman–Crippen MR) is 94.1 cm³/mol. The molecule has 1 aromatic heterocycles. The van der Waals surface area contributed by atoms with E-state index in [1.165, 1.54) is 6.92 Å². The Morgan fingerprint density at radius 2 is 1.96 bits per heavy atom. The molecular weight excluding hydrogens is 320 g/mol. The second kappa shape index (κ2) is 8.15. The maximum absolute atomic E-state index is 11.8. The number of carbonyl (C=O) groups is 2. The van der Waals surface area contributed by atoms with Gasteiger partial charge in [-0.25, -0.2) is 4.79 Å². The molecule has 0 aliphatic rings. The highest BCUT2D eigenvalue weighted by Crippen LogP contribution is 2.31. The molecule has 0 spiro atoms. The van der Waals surface area contributed by atoms with E-state index in [9.17, 15) is 9.59 Å². The molecule has 6 heteroatoms. The molecule has 0 aliphatic carbocycles. The molecule has 0 bridgehead atoms. The van der Waals surface area contributed by atoms with Crippen molar-refractivity contribution in [3.63, 3.8) is 0 Å². The molecule has 0 saturated carbocycles. The van der Waals surface area contributed by atoms with E-state index >= 15 is 0 Å². The Labute approximate surface area is 146 Å². The molecule has 0 atom stereocenters. The summed E-state index contributed by atoms with van der Waals surface area (Å²) in [6, 6.07) is 7.26. The van der Waals surface area contributed by atoms with Crippen LogP contribution < -0.4 is 5.32 Å². The molecule has 0 aliphatic heterocycles. The Kier molecular flexibility index (Phi) is 5.96. The molecule has 0 radical (unpaired) electrons. The zero-order chi connectivity index (χ0) is 18.4. The minimum absolute atomic E-state index is 0.0326. The van der Waals surface area contributed by atoms with Crippen LogP contribution in [0.1, 0.15) is 38.4 Å². The number of rotatable bonds is 4. The first kappa shape index (κ1) is 18.3. The summed E-state index contributed by atoms with van der Waals surface area (Å²) in [5.41, 5.74) is 2.56. The number of hydrogen-bond donors (Lipinski definition) is 1. The molecule has 0 saturated heterocycles. The second-order valence-corrected chi connectivity index (χ2v) is 5.81. The molecule has 2 aromatic rings. The molecule has 1 N–H and O–H groups in total. The third-order valence-corrected chi connectivity index (χ3v) is 3.15. The van der Waals surface area contributed by atoms with E-state index in [4.69, 9.17) is 9.26 Å². The van der Waals surface area contributed by atoms with Crippen LogP contribution >= 0.6 is 0 Å². The molecule has 0 unspecified atom stereocenters. The zero-order valence-corrected chi connectivity index (χ0v) is 14.7. The van der Waals surface area contributed by atoms with Crippen LogP contribution in [0.2, 0.25) is 0 Å². The fourth-order valence-corrected chi connectivity index (χ4v) is 2.04.